The first kappa shape index (κ1) is 19.3. The highest BCUT2D eigenvalue weighted by molar-refractivity contribution is 7.20. The molecule has 0 atom stereocenters. The van der Waals surface area contributed by atoms with Crippen LogP contribution in [0.4, 0.5) is 5.69 Å². The van der Waals surface area contributed by atoms with E-state index >= 15 is 0 Å². The number of nitrogens with one attached hydrogen (secondary N) is 1. The number of carbonyl (C=O) groups excluding carboxylic acids is 1. The third-order valence-electron chi connectivity index (χ3n) is 4.07. The maximum absolute atomic E-state index is 12.8. The van der Waals surface area contributed by atoms with Gasteiger partial charge in [-0.3, -0.25) is 14.2 Å². The molecule has 27 heavy (non-hydrogen) atoms. The van der Waals surface area contributed by atoms with E-state index in [1.165, 1.54) is 29.3 Å². The molecule has 3 aromatic rings. The molecular formula is C18H18ClN3O4S. The molecule has 1 N–H and O–H groups in total. The number of aryl methyl sites for hydroxylation is 1. The first-order valence-electron chi connectivity index (χ1n) is 8.08. The van der Waals surface area contributed by atoms with Gasteiger partial charge in [-0.1, -0.05) is 11.6 Å². The Morgan fingerprint density at radius 3 is 2.85 bits per heavy atom. The molecule has 0 unspecified atom stereocenters. The lowest BCUT2D eigenvalue weighted by Gasteiger charge is -2.10. The molecule has 0 bridgehead atoms. The monoisotopic (exact) mass is 407 g/mol. The normalized spacial score (nSPS) is 11.0. The van der Waals surface area contributed by atoms with Gasteiger partial charge in [-0.25, -0.2) is 4.98 Å². The summed E-state index contributed by atoms with van der Waals surface area (Å²) in [6, 6.07) is 4.95. The van der Waals surface area contributed by atoms with Crippen molar-refractivity contribution < 1.29 is 14.3 Å². The number of halogens is 1. The summed E-state index contributed by atoms with van der Waals surface area (Å²) in [6.45, 7) is 2.54. The van der Waals surface area contributed by atoms with Crippen molar-refractivity contribution in [1.29, 1.82) is 0 Å². The molecule has 1 aromatic carbocycles. The van der Waals surface area contributed by atoms with Gasteiger partial charge in [0, 0.05) is 12.1 Å². The van der Waals surface area contributed by atoms with E-state index in [4.69, 9.17) is 21.1 Å². The number of benzene rings is 1. The number of hydrogen-bond acceptors (Lipinski definition) is 6. The predicted octanol–water partition coefficient (Wildman–Crippen LogP) is 3.33. The summed E-state index contributed by atoms with van der Waals surface area (Å²) in [5, 5.41) is 3.71. The Hall–Kier alpha value is -2.42. The van der Waals surface area contributed by atoms with Crippen molar-refractivity contribution in [2.75, 3.05) is 26.1 Å². The molecule has 142 valence electrons. The zero-order chi connectivity index (χ0) is 19.6. The highest BCUT2D eigenvalue weighted by atomic mass is 35.5. The number of rotatable bonds is 6. The molecular weight excluding hydrogens is 390 g/mol. The van der Waals surface area contributed by atoms with E-state index < -0.39 is 0 Å². The van der Waals surface area contributed by atoms with E-state index in [0.29, 0.717) is 50.3 Å². The van der Waals surface area contributed by atoms with Crippen molar-refractivity contribution in [2.24, 2.45) is 0 Å². The summed E-state index contributed by atoms with van der Waals surface area (Å²) in [4.78, 5) is 30.7. The molecule has 7 nitrogen and oxygen atoms in total. The number of thiophene rings is 1. The summed E-state index contributed by atoms with van der Waals surface area (Å²) in [5.74, 6) is 0.144. The highest BCUT2D eigenvalue weighted by Crippen LogP contribution is 2.31. The van der Waals surface area contributed by atoms with Gasteiger partial charge in [0.1, 0.15) is 10.6 Å². The Kier molecular flexibility index (Phi) is 5.79. The zero-order valence-corrected chi connectivity index (χ0v) is 16.6. The lowest BCUT2D eigenvalue weighted by atomic mass is 10.2. The maximum atomic E-state index is 12.8. The quantitative estimate of drug-likeness (QED) is 0.677. The number of fused-ring (bicyclic) bond motifs is 1. The van der Waals surface area contributed by atoms with Gasteiger partial charge < -0.3 is 14.8 Å². The van der Waals surface area contributed by atoms with Crippen LogP contribution in [-0.4, -0.2) is 36.3 Å². The molecule has 0 aliphatic heterocycles. The van der Waals surface area contributed by atoms with Crippen LogP contribution in [0.1, 0.15) is 15.2 Å². The number of hydrogen-bond donors (Lipinski definition) is 1. The predicted molar refractivity (Wildman–Crippen MR) is 106 cm³/mol. The van der Waals surface area contributed by atoms with E-state index in [9.17, 15) is 9.59 Å². The Bertz CT molecular complexity index is 1060. The van der Waals surface area contributed by atoms with Crippen LogP contribution in [0.15, 0.2) is 29.3 Å². The fourth-order valence-corrected chi connectivity index (χ4v) is 3.89. The van der Waals surface area contributed by atoms with Crippen molar-refractivity contribution in [1.82, 2.24) is 9.55 Å². The molecule has 9 heteroatoms. The van der Waals surface area contributed by atoms with E-state index in [1.807, 2.05) is 0 Å². The Balaban J connectivity index is 1.98. The first-order chi connectivity index (χ1) is 13.0. The van der Waals surface area contributed by atoms with Crippen LogP contribution in [0.5, 0.6) is 5.75 Å². The third kappa shape index (κ3) is 3.83. The van der Waals surface area contributed by atoms with Crippen LogP contribution in [0, 0.1) is 6.92 Å². The van der Waals surface area contributed by atoms with Gasteiger partial charge in [-0.05, 0) is 30.7 Å². The van der Waals surface area contributed by atoms with Crippen LogP contribution in [0.25, 0.3) is 10.2 Å². The summed E-state index contributed by atoms with van der Waals surface area (Å²) in [7, 11) is 3.08. The standard InChI is InChI=1S/C18H18ClN3O4S/c1-10-14-17(20-9-22(18(14)24)6-7-25-2)27-15(10)16(23)21-12-8-11(19)4-5-13(12)26-3/h4-5,8-9H,6-7H2,1-3H3,(H,21,23). The molecule has 1 amide bonds. The molecule has 0 aliphatic rings. The van der Waals surface area contributed by atoms with Gasteiger partial charge in [0.25, 0.3) is 11.5 Å². The zero-order valence-electron chi connectivity index (χ0n) is 15.0. The lowest BCUT2D eigenvalue weighted by Crippen LogP contribution is -2.22. The second kappa shape index (κ2) is 8.08. The van der Waals surface area contributed by atoms with Crippen LogP contribution < -0.4 is 15.6 Å². The van der Waals surface area contributed by atoms with Crippen LogP contribution >= 0.6 is 22.9 Å². The first-order valence-corrected chi connectivity index (χ1v) is 9.28. The summed E-state index contributed by atoms with van der Waals surface area (Å²) in [6.07, 6.45) is 1.47. The van der Waals surface area contributed by atoms with Gasteiger partial charge in [-0.2, -0.15) is 0 Å². The van der Waals surface area contributed by atoms with Crippen LogP contribution in [0.2, 0.25) is 5.02 Å². The number of aromatic nitrogens is 2. The Morgan fingerprint density at radius 1 is 1.37 bits per heavy atom. The van der Waals surface area contributed by atoms with Gasteiger partial charge in [0.15, 0.2) is 0 Å². The lowest BCUT2D eigenvalue weighted by molar-refractivity contribution is 0.102. The van der Waals surface area contributed by atoms with E-state index in [-0.39, 0.29) is 11.5 Å². The van der Waals surface area contributed by atoms with Gasteiger partial charge >= 0.3 is 0 Å². The molecule has 0 saturated heterocycles. The number of carbonyl (C=O) groups is 1. The molecule has 0 aliphatic carbocycles. The molecule has 2 heterocycles. The largest absolute Gasteiger partial charge is 0.495 e. The molecule has 3 rings (SSSR count). The van der Waals surface area contributed by atoms with Crippen LogP contribution in [0.3, 0.4) is 0 Å². The van der Waals surface area contributed by atoms with E-state index in [1.54, 1.807) is 32.2 Å². The molecule has 2 aromatic heterocycles. The average molecular weight is 408 g/mol. The van der Waals surface area contributed by atoms with Crippen molar-refractivity contribution in [3.05, 3.63) is 50.3 Å². The minimum atomic E-state index is -0.348. The molecule has 0 spiro atoms. The fourth-order valence-electron chi connectivity index (χ4n) is 2.68. The summed E-state index contributed by atoms with van der Waals surface area (Å²) >= 11 is 7.18. The van der Waals surface area contributed by atoms with Crippen molar-refractivity contribution in [3.8, 4) is 5.75 Å². The highest BCUT2D eigenvalue weighted by Gasteiger charge is 2.20. The fraction of sp³-hybridized carbons (Fsp3) is 0.278. The average Bonchev–Trinajstić information content (AvgIpc) is 2.99. The Labute approximate surface area is 164 Å². The number of nitrogens with zero attached hydrogens (tertiary/aromatic N) is 2. The maximum Gasteiger partial charge on any atom is 0.266 e. The second-order valence-corrected chi connectivity index (χ2v) is 7.21. The number of methoxy groups -OCH3 is 2. The minimum absolute atomic E-state index is 0.190. The summed E-state index contributed by atoms with van der Waals surface area (Å²) in [5.41, 5.74) is 0.861. The van der Waals surface area contributed by atoms with Crippen molar-refractivity contribution in [3.63, 3.8) is 0 Å². The van der Waals surface area contributed by atoms with E-state index in [2.05, 4.69) is 10.3 Å². The Morgan fingerprint density at radius 2 is 2.15 bits per heavy atom. The van der Waals surface area contributed by atoms with Gasteiger partial charge in [0.05, 0.1) is 42.5 Å². The van der Waals surface area contributed by atoms with Gasteiger partial charge in [0.2, 0.25) is 0 Å². The number of anilines is 1. The third-order valence-corrected chi connectivity index (χ3v) is 5.50. The summed E-state index contributed by atoms with van der Waals surface area (Å²) < 4.78 is 11.7. The second-order valence-electron chi connectivity index (χ2n) is 5.77. The topological polar surface area (TPSA) is 82.5 Å². The number of amides is 1. The molecule has 0 saturated carbocycles. The van der Waals surface area contributed by atoms with Gasteiger partial charge in [-0.15, -0.1) is 11.3 Å². The van der Waals surface area contributed by atoms with E-state index in [0.717, 1.165) is 0 Å². The SMILES string of the molecule is COCCn1cnc2sc(C(=O)Nc3cc(Cl)ccc3OC)c(C)c2c1=O. The van der Waals surface area contributed by atoms with Crippen molar-refractivity contribution in [2.45, 2.75) is 13.5 Å². The molecule has 0 fully saturated rings. The van der Waals surface area contributed by atoms with Crippen LogP contribution in [-0.2, 0) is 11.3 Å². The van der Waals surface area contributed by atoms with Crippen molar-refractivity contribution >= 4 is 44.7 Å². The minimum Gasteiger partial charge on any atom is -0.495 e. The smallest absolute Gasteiger partial charge is 0.266 e. The molecule has 0 radical (unpaired) electrons. The number of ether oxygens (including phenoxy) is 2.